The minimum atomic E-state index is 0.643. The molecule has 1 rings (SSSR count). The number of hydrogen-bond acceptors (Lipinski definition) is 5. The lowest BCUT2D eigenvalue weighted by Gasteiger charge is -2.03. The highest BCUT2D eigenvalue weighted by atomic mass is 32.1. The van der Waals surface area contributed by atoms with Crippen molar-refractivity contribution in [1.82, 2.24) is 20.2 Å². The summed E-state index contributed by atoms with van der Waals surface area (Å²) in [6.07, 6.45) is 2.54. The Balaban J connectivity index is 2.22. The van der Waals surface area contributed by atoms with Gasteiger partial charge >= 0.3 is 0 Å². The minimum absolute atomic E-state index is 0.643. The van der Waals surface area contributed by atoms with E-state index < -0.39 is 0 Å². The van der Waals surface area contributed by atoms with Gasteiger partial charge in [-0.1, -0.05) is 0 Å². The van der Waals surface area contributed by atoms with E-state index in [2.05, 4.69) is 15.5 Å². The van der Waals surface area contributed by atoms with Gasteiger partial charge in [-0.25, -0.2) is 4.68 Å². The quantitative estimate of drug-likeness (QED) is 0.681. The molecule has 0 saturated carbocycles. The van der Waals surface area contributed by atoms with Gasteiger partial charge in [0.15, 0.2) is 10.9 Å². The fourth-order valence-corrected chi connectivity index (χ4v) is 1.35. The van der Waals surface area contributed by atoms with E-state index in [4.69, 9.17) is 17.0 Å². The largest absolute Gasteiger partial charge is 0.487 e. The van der Waals surface area contributed by atoms with E-state index >= 15 is 0 Å². The van der Waals surface area contributed by atoms with Gasteiger partial charge in [-0.15, -0.1) is 5.10 Å². The lowest BCUT2D eigenvalue weighted by Crippen LogP contribution is -2.04. The van der Waals surface area contributed by atoms with E-state index in [0.717, 1.165) is 25.1 Å². The molecule has 0 aromatic carbocycles. The third-order valence-electron chi connectivity index (χ3n) is 1.79. The molecular formula is C8H14N4OS. The van der Waals surface area contributed by atoms with Crippen LogP contribution in [0.5, 0.6) is 0 Å². The van der Waals surface area contributed by atoms with E-state index in [1.807, 2.05) is 14.0 Å². The van der Waals surface area contributed by atoms with Crippen molar-refractivity contribution in [2.24, 2.45) is 7.05 Å². The van der Waals surface area contributed by atoms with Crippen molar-refractivity contribution in [3.63, 3.8) is 0 Å². The summed E-state index contributed by atoms with van der Waals surface area (Å²) in [4.78, 5) is 0. The lowest BCUT2D eigenvalue weighted by molar-refractivity contribution is 0.326. The van der Waals surface area contributed by atoms with Crippen molar-refractivity contribution < 1.29 is 4.74 Å². The molecule has 0 aliphatic carbocycles. The van der Waals surface area contributed by atoms with Crippen molar-refractivity contribution in [2.45, 2.75) is 26.2 Å². The van der Waals surface area contributed by atoms with E-state index in [1.165, 1.54) is 0 Å². The van der Waals surface area contributed by atoms with Crippen molar-refractivity contribution in [3.8, 4) is 0 Å². The zero-order valence-corrected chi connectivity index (χ0v) is 9.25. The van der Waals surface area contributed by atoms with Gasteiger partial charge in [-0.2, -0.15) is 0 Å². The van der Waals surface area contributed by atoms with Crippen LogP contribution in [0.4, 0.5) is 0 Å². The van der Waals surface area contributed by atoms with Crippen molar-refractivity contribution in [1.29, 1.82) is 0 Å². The molecule has 1 heterocycles. The molecule has 0 saturated heterocycles. The predicted octanol–water partition coefficient (Wildman–Crippen LogP) is 0.897. The number of thiocarbonyl (C=S) groups is 1. The average Bonchev–Trinajstić information content (AvgIpc) is 2.52. The average molecular weight is 214 g/mol. The third kappa shape index (κ3) is 3.37. The summed E-state index contributed by atoms with van der Waals surface area (Å²) >= 11 is 5.00. The first-order chi connectivity index (χ1) is 6.74. The van der Waals surface area contributed by atoms with Crippen LogP contribution in [-0.2, 0) is 18.2 Å². The number of ether oxygens (including phenoxy) is 1. The molecule has 78 valence electrons. The van der Waals surface area contributed by atoms with Crippen LogP contribution in [0.25, 0.3) is 0 Å². The number of tetrazole rings is 1. The highest BCUT2D eigenvalue weighted by Crippen LogP contribution is 2.01. The van der Waals surface area contributed by atoms with Crippen LogP contribution >= 0.6 is 12.2 Å². The van der Waals surface area contributed by atoms with Gasteiger partial charge in [-0.05, 0) is 36.0 Å². The molecule has 0 radical (unpaired) electrons. The lowest BCUT2D eigenvalue weighted by atomic mass is 10.2. The van der Waals surface area contributed by atoms with Gasteiger partial charge in [0.25, 0.3) is 0 Å². The molecule has 0 fully saturated rings. The molecule has 0 amide bonds. The summed E-state index contributed by atoms with van der Waals surface area (Å²) in [7, 11) is 1.83. The van der Waals surface area contributed by atoms with Gasteiger partial charge in [-0.3, -0.25) is 0 Å². The summed E-state index contributed by atoms with van der Waals surface area (Å²) in [6, 6.07) is 0. The Morgan fingerprint density at radius 1 is 1.57 bits per heavy atom. The molecule has 5 nitrogen and oxygen atoms in total. The zero-order chi connectivity index (χ0) is 10.4. The second kappa shape index (κ2) is 5.64. The SMILES string of the molecule is CCOC(=S)CCCc1nnnn1C. The minimum Gasteiger partial charge on any atom is -0.487 e. The van der Waals surface area contributed by atoms with Crippen molar-refractivity contribution in [2.75, 3.05) is 6.61 Å². The summed E-state index contributed by atoms with van der Waals surface area (Å²) in [6.45, 7) is 2.57. The van der Waals surface area contributed by atoms with E-state index in [1.54, 1.807) is 4.68 Å². The predicted molar refractivity (Wildman–Crippen MR) is 56.0 cm³/mol. The Morgan fingerprint density at radius 2 is 2.36 bits per heavy atom. The monoisotopic (exact) mass is 214 g/mol. The fraction of sp³-hybridized carbons (Fsp3) is 0.750. The van der Waals surface area contributed by atoms with Crippen LogP contribution in [0.15, 0.2) is 0 Å². The molecule has 0 spiro atoms. The Bertz CT molecular complexity index is 299. The smallest absolute Gasteiger partial charge is 0.159 e. The first-order valence-electron chi connectivity index (χ1n) is 4.61. The first-order valence-corrected chi connectivity index (χ1v) is 5.01. The molecule has 0 aliphatic rings. The number of aromatic nitrogens is 4. The number of aryl methyl sites for hydroxylation is 2. The van der Waals surface area contributed by atoms with Crippen LogP contribution in [0.2, 0.25) is 0 Å². The molecular weight excluding hydrogens is 200 g/mol. The molecule has 6 heteroatoms. The van der Waals surface area contributed by atoms with Gasteiger partial charge in [0, 0.05) is 19.9 Å². The summed E-state index contributed by atoms with van der Waals surface area (Å²) < 4.78 is 6.83. The first kappa shape index (κ1) is 11.0. The van der Waals surface area contributed by atoms with Crippen LogP contribution in [0.3, 0.4) is 0 Å². The molecule has 0 atom stereocenters. The Morgan fingerprint density at radius 3 is 2.93 bits per heavy atom. The maximum absolute atomic E-state index is 5.16. The van der Waals surface area contributed by atoms with E-state index in [0.29, 0.717) is 11.7 Å². The van der Waals surface area contributed by atoms with Crippen LogP contribution < -0.4 is 0 Å². The second-order valence-corrected chi connectivity index (χ2v) is 3.33. The molecule has 0 aliphatic heterocycles. The van der Waals surface area contributed by atoms with E-state index in [-0.39, 0.29) is 0 Å². The Hall–Kier alpha value is -1.04. The molecule has 14 heavy (non-hydrogen) atoms. The molecule has 0 unspecified atom stereocenters. The molecule has 0 bridgehead atoms. The van der Waals surface area contributed by atoms with Gasteiger partial charge in [0.05, 0.1) is 6.61 Å². The van der Waals surface area contributed by atoms with Crippen LogP contribution in [-0.4, -0.2) is 31.9 Å². The normalized spacial score (nSPS) is 10.1. The summed E-state index contributed by atoms with van der Waals surface area (Å²) in [5.41, 5.74) is 0. The number of nitrogens with zero attached hydrogens (tertiary/aromatic N) is 4. The van der Waals surface area contributed by atoms with Crippen molar-refractivity contribution in [3.05, 3.63) is 5.82 Å². The highest BCUT2D eigenvalue weighted by Gasteiger charge is 2.03. The van der Waals surface area contributed by atoms with E-state index in [9.17, 15) is 0 Å². The highest BCUT2D eigenvalue weighted by molar-refractivity contribution is 7.80. The molecule has 0 N–H and O–H groups in total. The summed E-state index contributed by atoms with van der Waals surface area (Å²) in [5.74, 6) is 0.879. The standard InChI is InChI=1S/C8H14N4OS/c1-3-13-8(14)6-4-5-7-9-10-11-12(7)2/h3-6H2,1-2H3. The summed E-state index contributed by atoms with van der Waals surface area (Å²) in [5, 5.41) is 11.8. The zero-order valence-electron chi connectivity index (χ0n) is 8.43. The third-order valence-corrected chi connectivity index (χ3v) is 2.12. The van der Waals surface area contributed by atoms with Crippen LogP contribution in [0.1, 0.15) is 25.6 Å². The maximum atomic E-state index is 5.16. The number of rotatable bonds is 5. The number of hydrogen-bond donors (Lipinski definition) is 0. The maximum Gasteiger partial charge on any atom is 0.159 e. The topological polar surface area (TPSA) is 52.8 Å². The molecule has 1 aromatic rings. The van der Waals surface area contributed by atoms with Crippen LogP contribution in [0, 0.1) is 0 Å². The Kier molecular flexibility index (Phi) is 4.45. The van der Waals surface area contributed by atoms with Gasteiger partial charge < -0.3 is 4.74 Å². The Labute approximate surface area is 88.4 Å². The van der Waals surface area contributed by atoms with Gasteiger partial charge in [0.1, 0.15) is 0 Å². The fourth-order valence-electron chi connectivity index (χ4n) is 1.08. The van der Waals surface area contributed by atoms with Gasteiger partial charge in [0.2, 0.25) is 0 Å². The second-order valence-electron chi connectivity index (χ2n) is 2.88. The molecule has 1 aromatic heterocycles. The van der Waals surface area contributed by atoms with Crippen molar-refractivity contribution >= 4 is 17.3 Å².